The van der Waals surface area contributed by atoms with Gasteiger partial charge in [0.1, 0.15) is 0 Å². The van der Waals surface area contributed by atoms with E-state index in [4.69, 9.17) is 0 Å². The lowest BCUT2D eigenvalue weighted by Gasteiger charge is -2.06. The third-order valence-electron chi connectivity index (χ3n) is 2.96. The number of carbonyl (C=O) groups is 1. The standard InChI is InChI=1S/C16H21N3OS/c1-4-12-5-7-13(8-6-12)18-16-19-14(10-21-16)9-15(20)17-11(2)3/h5-8,10-11H,4,9H2,1-3H3,(H,17,20)(H,18,19). The monoisotopic (exact) mass is 303 g/mol. The molecule has 0 saturated carbocycles. The lowest BCUT2D eigenvalue weighted by atomic mass is 10.1. The first kappa shape index (κ1) is 15.5. The molecule has 2 aromatic rings. The molecule has 0 fully saturated rings. The second-order valence-corrected chi connectivity index (χ2v) is 6.08. The van der Waals surface area contributed by atoms with E-state index in [2.05, 4.69) is 34.7 Å². The van der Waals surface area contributed by atoms with Crippen molar-refractivity contribution in [2.75, 3.05) is 5.32 Å². The summed E-state index contributed by atoms with van der Waals surface area (Å²) >= 11 is 1.51. The van der Waals surface area contributed by atoms with E-state index in [0.29, 0.717) is 6.42 Å². The Labute approximate surface area is 129 Å². The molecule has 2 N–H and O–H groups in total. The SMILES string of the molecule is CCc1ccc(Nc2nc(CC(=O)NC(C)C)cs2)cc1. The summed E-state index contributed by atoms with van der Waals surface area (Å²) in [6.45, 7) is 6.04. The van der Waals surface area contributed by atoms with Crippen LogP contribution >= 0.6 is 11.3 Å². The number of hydrogen-bond acceptors (Lipinski definition) is 4. The average molecular weight is 303 g/mol. The minimum Gasteiger partial charge on any atom is -0.354 e. The van der Waals surface area contributed by atoms with Crippen LogP contribution in [0.4, 0.5) is 10.8 Å². The highest BCUT2D eigenvalue weighted by Gasteiger charge is 2.08. The molecule has 0 atom stereocenters. The van der Waals surface area contributed by atoms with E-state index >= 15 is 0 Å². The van der Waals surface area contributed by atoms with Crippen molar-refractivity contribution in [2.45, 2.75) is 39.7 Å². The van der Waals surface area contributed by atoms with Crippen molar-refractivity contribution in [2.24, 2.45) is 0 Å². The molecule has 1 aromatic heterocycles. The summed E-state index contributed by atoms with van der Waals surface area (Å²) in [7, 11) is 0. The Balaban J connectivity index is 1.94. The second kappa shape index (κ2) is 7.22. The number of hydrogen-bond donors (Lipinski definition) is 2. The van der Waals surface area contributed by atoms with Gasteiger partial charge in [-0.3, -0.25) is 4.79 Å². The summed E-state index contributed by atoms with van der Waals surface area (Å²) in [5.41, 5.74) is 3.12. The number of anilines is 2. The molecule has 112 valence electrons. The zero-order valence-corrected chi connectivity index (χ0v) is 13.5. The third-order valence-corrected chi connectivity index (χ3v) is 3.76. The van der Waals surface area contributed by atoms with Crippen molar-refractivity contribution >= 4 is 28.1 Å². The van der Waals surface area contributed by atoms with Crippen molar-refractivity contribution in [3.8, 4) is 0 Å². The highest BCUT2D eigenvalue weighted by Crippen LogP contribution is 2.21. The maximum absolute atomic E-state index is 11.7. The summed E-state index contributed by atoms with van der Waals surface area (Å²) in [5.74, 6) is 0.00847. The number of amides is 1. The Kier molecular flexibility index (Phi) is 5.33. The molecule has 4 nitrogen and oxygen atoms in total. The average Bonchev–Trinajstić information content (AvgIpc) is 2.85. The topological polar surface area (TPSA) is 54.0 Å². The Bertz CT molecular complexity index is 590. The van der Waals surface area contributed by atoms with Crippen LogP contribution in [0.2, 0.25) is 0 Å². The summed E-state index contributed by atoms with van der Waals surface area (Å²) in [6, 6.07) is 8.46. The van der Waals surface area contributed by atoms with Crippen LogP contribution < -0.4 is 10.6 Å². The molecule has 21 heavy (non-hydrogen) atoms. The van der Waals surface area contributed by atoms with Crippen LogP contribution in [0.1, 0.15) is 32.0 Å². The molecule has 0 aliphatic carbocycles. The molecule has 1 aromatic carbocycles. The molecule has 5 heteroatoms. The zero-order valence-electron chi connectivity index (χ0n) is 12.6. The van der Waals surface area contributed by atoms with Gasteiger partial charge >= 0.3 is 0 Å². The van der Waals surface area contributed by atoms with Crippen LogP contribution in [0.3, 0.4) is 0 Å². The molecular formula is C16H21N3OS. The Morgan fingerprint density at radius 2 is 2.00 bits per heavy atom. The van der Waals surface area contributed by atoms with Crippen molar-refractivity contribution < 1.29 is 4.79 Å². The first-order chi connectivity index (χ1) is 10.1. The number of aryl methyl sites for hydroxylation is 1. The van der Waals surface area contributed by atoms with Crippen molar-refractivity contribution in [3.05, 3.63) is 40.9 Å². The minimum absolute atomic E-state index is 0.00847. The van der Waals surface area contributed by atoms with Crippen LogP contribution in [0.25, 0.3) is 0 Å². The molecule has 0 spiro atoms. The number of thiazole rings is 1. The van der Waals surface area contributed by atoms with Crippen LogP contribution in [0, 0.1) is 0 Å². The number of nitrogens with zero attached hydrogens (tertiary/aromatic N) is 1. The summed E-state index contributed by atoms with van der Waals surface area (Å²) in [4.78, 5) is 16.1. The minimum atomic E-state index is 0.00847. The van der Waals surface area contributed by atoms with E-state index < -0.39 is 0 Å². The Morgan fingerprint density at radius 3 is 2.62 bits per heavy atom. The molecule has 0 saturated heterocycles. The number of nitrogens with one attached hydrogen (secondary N) is 2. The van der Waals surface area contributed by atoms with Gasteiger partial charge in [0.15, 0.2) is 5.13 Å². The van der Waals surface area contributed by atoms with Crippen molar-refractivity contribution in [1.82, 2.24) is 10.3 Å². The Hall–Kier alpha value is -1.88. The molecule has 2 rings (SSSR count). The molecule has 1 heterocycles. The van der Waals surface area contributed by atoms with Gasteiger partial charge in [-0.15, -0.1) is 11.3 Å². The number of benzene rings is 1. The largest absolute Gasteiger partial charge is 0.354 e. The first-order valence-electron chi connectivity index (χ1n) is 7.16. The van der Waals surface area contributed by atoms with Gasteiger partial charge in [0.25, 0.3) is 0 Å². The third kappa shape index (κ3) is 4.86. The normalized spacial score (nSPS) is 10.7. The summed E-state index contributed by atoms with van der Waals surface area (Å²) < 4.78 is 0. The maximum Gasteiger partial charge on any atom is 0.226 e. The molecule has 1 amide bonds. The van der Waals surface area contributed by atoms with E-state index in [9.17, 15) is 4.79 Å². The van der Waals surface area contributed by atoms with E-state index in [0.717, 1.165) is 22.9 Å². The molecule has 0 bridgehead atoms. The highest BCUT2D eigenvalue weighted by atomic mass is 32.1. The lowest BCUT2D eigenvalue weighted by molar-refractivity contribution is -0.120. The van der Waals surface area contributed by atoms with Gasteiger partial charge in [-0.05, 0) is 38.0 Å². The first-order valence-corrected chi connectivity index (χ1v) is 8.04. The fraction of sp³-hybridized carbons (Fsp3) is 0.375. The predicted octanol–water partition coefficient (Wildman–Crippen LogP) is 3.52. The quantitative estimate of drug-likeness (QED) is 0.858. The van der Waals surface area contributed by atoms with Gasteiger partial charge in [0.2, 0.25) is 5.91 Å². The van der Waals surface area contributed by atoms with E-state index in [1.54, 1.807) is 0 Å². The van der Waals surface area contributed by atoms with Gasteiger partial charge in [-0.1, -0.05) is 19.1 Å². The van der Waals surface area contributed by atoms with Crippen LogP contribution in [-0.2, 0) is 17.6 Å². The van der Waals surface area contributed by atoms with Crippen molar-refractivity contribution in [3.63, 3.8) is 0 Å². The van der Waals surface area contributed by atoms with E-state index in [1.165, 1.54) is 16.9 Å². The molecule has 0 radical (unpaired) electrons. The van der Waals surface area contributed by atoms with Gasteiger partial charge in [0.05, 0.1) is 12.1 Å². The van der Waals surface area contributed by atoms with Crippen LogP contribution in [-0.4, -0.2) is 16.9 Å². The van der Waals surface area contributed by atoms with Crippen LogP contribution in [0.15, 0.2) is 29.6 Å². The van der Waals surface area contributed by atoms with E-state index in [-0.39, 0.29) is 11.9 Å². The van der Waals surface area contributed by atoms with Gasteiger partial charge in [-0.2, -0.15) is 0 Å². The molecular weight excluding hydrogens is 282 g/mol. The molecule has 0 aliphatic rings. The van der Waals surface area contributed by atoms with Gasteiger partial charge in [0, 0.05) is 17.1 Å². The fourth-order valence-corrected chi connectivity index (χ4v) is 2.66. The van der Waals surface area contributed by atoms with Crippen LogP contribution in [0.5, 0.6) is 0 Å². The second-order valence-electron chi connectivity index (χ2n) is 5.22. The maximum atomic E-state index is 11.7. The lowest BCUT2D eigenvalue weighted by Crippen LogP contribution is -2.31. The smallest absolute Gasteiger partial charge is 0.226 e. The highest BCUT2D eigenvalue weighted by molar-refractivity contribution is 7.13. The molecule has 0 aliphatic heterocycles. The fourth-order valence-electron chi connectivity index (χ4n) is 1.93. The predicted molar refractivity (Wildman–Crippen MR) is 88.2 cm³/mol. The summed E-state index contributed by atoms with van der Waals surface area (Å²) in [6.07, 6.45) is 1.36. The van der Waals surface area contributed by atoms with Gasteiger partial charge in [-0.25, -0.2) is 4.98 Å². The number of rotatable bonds is 6. The number of carbonyl (C=O) groups excluding carboxylic acids is 1. The van der Waals surface area contributed by atoms with E-state index in [1.807, 2.05) is 31.4 Å². The van der Waals surface area contributed by atoms with Crippen molar-refractivity contribution in [1.29, 1.82) is 0 Å². The van der Waals surface area contributed by atoms with Gasteiger partial charge < -0.3 is 10.6 Å². The number of aromatic nitrogens is 1. The Morgan fingerprint density at radius 1 is 1.29 bits per heavy atom. The summed E-state index contributed by atoms with van der Waals surface area (Å²) in [5, 5.41) is 8.86. The molecule has 0 unspecified atom stereocenters. The zero-order chi connectivity index (χ0) is 15.2.